The van der Waals surface area contributed by atoms with Crippen LogP contribution in [0.3, 0.4) is 0 Å². The molecule has 0 radical (unpaired) electrons. The van der Waals surface area contributed by atoms with Gasteiger partial charge < -0.3 is 5.11 Å². The highest BCUT2D eigenvalue weighted by atomic mass is 35.5. The fourth-order valence-electron chi connectivity index (χ4n) is 1.71. The average molecular weight is 268 g/mol. The van der Waals surface area contributed by atoms with Gasteiger partial charge >= 0.3 is 0 Å². The fourth-order valence-corrected chi connectivity index (χ4v) is 2.76. The molecule has 0 fully saturated rings. The van der Waals surface area contributed by atoms with E-state index in [2.05, 4.69) is 4.98 Å². The van der Waals surface area contributed by atoms with E-state index in [1.54, 1.807) is 11.3 Å². The Labute approximate surface area is 110 Å². The molecule has 0 aliphatic rings. The zero-order chi connectivity index (χ0) is 12.3. The highest BCUT2D eigenvalue weighted by molar-refractivity contribution is 7.09. The first-order valence-electron chi connectivity index (χ1n) is 5.47. The van der Waals surface area contributed by atoms with E-state index in [0.717, 1.165) is 16.3 Å². The van der Waals surface area contributed by atoms with Crippen LogP contribution in [0.5, 0.6) is 0 Å². The molecular formula is C13H14ClNOS. The molecule has 1 unspecified atom stereocenters. The van der Waals surface area contributed by atoms with Crippen molar-refractivity contribution in [2.75, 3.05) is 0 Å². The Kier molecular flexibility index (Phi) is 4.15. The summed E-state index contributed by atoms with van der Waals surface area (Å²) in [5, 5.41) is 13.7. The number of aliphatic hydroxyl groups excluding tert-OH is 1. The van der Waals surface area contributed by atoms with Gasteiger partial charge in [0.2, 0.25) is 0 Å². The quantitative estimate of drug-likeness (QED) is 0.922. The lowest BCUT2D eigenvalue weighted by molar-refractivity contribution is 0.175. The van der Waals surface area contributed by atoms with Crippen molar-refractivity contribution in [3.63, 3.8) is 0 Å². The van der Waals surface area contributed by atoms with E-state index in [1.807, 2.05) is 36.6 Å². The average Bonchev–Trinajstić information content (AvgIpc) is 2.63. The number of nitrogens with zero attached hydrogens (tertiary/aromatic N) is 1. The molecule has 90 valence electrons. The zero-order valence-electron chi connectivity index (χ0n) is 9.56. The normalized spacial score (nSPS) is 12.6. The van der Waals surface area contributed by atoms with Gasteiger partial charge in [-0.2, -0.15) is 0 Å². The number of aliphatic hydroxyl groups is 1. The number of benzene rings is 1. The summed E-state index contributed by atoms with van der Waals surface area (Å²) in [6, 6.07) is 7.60. The molecule has 0 bridgehead atoms. The monoisotopic (exact) mass is 267 g/mol. The van der Waals surface area contributed by atoms with Crippen LogP contribution in [0.25, 0.3) is 0 Å². The molecule has 0 aliphatic carbocycles. The molecule has 1 atom stereocenters. The molecule has 1 aromatic heterocycles. The second kappa shape index (κ2) is 5.63. The standard InChI is InChI=1S/C13H14ClNOS/c1-9-8-17-13(15-9)7-12(16)6-10-3-2-4-11(14)5-10/h2-5,8,12,16H,6-7H2,1H3. The van der Waals surface area contributed by atoms with Crippen molar-refractivity contribution in [3.8, 4) is 0 Å². The van der Waals surface area contributed by atoms with Crippen molar-refractivity contribution in [1.29, 1.82) is 0 Å². The van der Waals surface area contributed by atoms with Crippen LogP contribution in [0, 0.1) is 6.92 Å². The Morgan fingerprint density at radius 3 is 2.88 bits per heavy atom. The predicted molar refractivity (Wildman–Crippen MR) is 71.7 cm³/mol. The van der Waals surface area contributed by atoms with Gasteiger partial charge in [0.25, 0.3) is 0 Å². The molecule has 2 rings (SSSR count). The Morgan fingerprint density at radius 1 is 1.41 bits per heavy atom. The molecule has 1 aromatic carbocycles. The van der Waals surface area contributed by atoms with Crippen LogP contribution in [0.4, 0.5) is 0 Å². The lowest BCUT2D eigenvalue weighted by Gasteiger charge is -2.08. The van der Waals surface area contributed by atoms with Crippen LogP contribution in [0.1, 0.15) is 16.3 Å². The van der Waals surface area contributed by atoms with Crippen molar-refractivity contribution in [3.05, 3.63) is 50.9 Å². The molecule has 0 aliphatic heterocycles. The largest absolute Gasteiger partial charge is 0.392 e. The zero-order valence-corrected chi connectivity index (χ0v) is 11.1. The van der Waals surface area contributed by atoms with Crippen LogP contribution in [-0.4, -0.2) is 16.2 Å². The van der Waals surface area contributed by atoms with E-state index in [4.69, 9.17) is 11.6 Å². The second-order valence-electron chi connectivity index (χ2n) is 4.07. The van der Waals surface area contributed by atoms with Crippen molar-refractivity contribution in [2.24, 2.45) is 0 Å². The SMILES string of the molecule is Cc1csc(CC(O)Cc2cccc(Cl)c2)n1. The summed E-state index contributed by atoms with van der Waals surface area (Å²) in [6.07, 6.45) is 0.809. The molecule has 0 amide bonds. The minimum atomic E-state index is -0.404. The molecule has 0 spiro atoms. The second-order valence-corrected chi connectivity index (χ2v) is 5.45. The van der Waals surface area contributed by atoms with Gasteiger partial charge in [0.05, 0.1) is 11.1 Å². The lowest BCUT2D eigenvalue weighted by Crippen LogP contribution is -2.13. The Hall–Kier alpha value is -0.900. The van der Waals surface area contributed by atoms with Gasteiger partial charge in [0, 0.05) is 22.5 Å². The Balaban J connectivity index is 1.95. The summed E-state index contributed by atoms with van der Waals surface area (Å²) in [4.78, 5) is 4.34. The molecule has 2 aromatic rings. The van der Waals surface area contributed by atoms with Gasteiger partial charge in [-0.1, -0.05) is 23.7 Å². The van der Waals surface area contributed by atoms with Crippen LogP contribution in [0.2, 0.25) is 5.02 Å². The summed E-state index contributed by atoms with van der Waals surface area (Å²) in [5.74, 6) is 0. The summed E-state index contributed by atoms with van der Waals surface area (Å²) in [5.41, 5.74) is 2.07. The first-order chi connectivity index (χ1) is 8.13. The van der Waals surface area contributed by atoms with Crippen molar-refractivity contribution < 1.29 is 5.11 Å². The first-order valence-corrected chi connectivity index (χ1v) is 6.73. The van der Waals surface area contributed by atoms with Crippen molar-refractivity contribution >= 4 is 22.9 Å². The van der Waals surface area contributed by atoms with Crippen LogP contribution >= 0.6 is 22.9 Å². The lowest BCUT2D eigenvalue weighted by atomic mass is 10.1. The van der Waals surface area contributed by atoms with Crippen LogP contribution in [0.15, 0.2) is 29.6 Å². The summed E-state index contributed by atoms with van der Waals surface area (Å²) in [6.45, 7) is 1.96. The fraction of sp³-hybridized carbons (Fsp3) is 0.308. The van der Waals surface area contributed by atoms with E-state index in [9.17, 15) is 5.11 Å². The molecule has 0 saturated heterocycles. The number of thiazole rings is 1. The Morgan fingerprint density at radius 2 is 2.24 bits per heavy atom. The molecule has 17 heavy (non-hydrogen) atoms. The third-order valence-electron chi connectivity index (χ3n) is 2.44. The maximum atomic E-state index is 9.98. The molecule has 0 saturated carbocycles. The van der Waals surface area contributed by atoms with Crippen LogP contribution < -0.4 is 0 Å². The minimum absolute atomic E-state index is 0.404. The Bertz CT molecular complexity index is 498. The number of hydrogen-bond donors (Lipinski definition) is 1. The van der Waals surface area contributed by atoms with E-state index < -0.39 is 6.10 Å². The highest BCUT2D eigenvalue weighted by Crippen LogP contribution is 2.16. The van der Waals surface area contributed by atoms with Gasteiger partial charge in [-0.3, -0.25) is 0 Å². The summed E-state index contributed by atoms with van der Waals surface area (Å²) < 4.78 is 0. The summed E-state index contributed by atoms with van der Waals surface area (Å²) >= 11 is 7.49. The molecule has 1 N–H and O–H groups in total. The van der Waals surface area contributed by atoms with E-state index in [0.29, 0.717) is 17.9 Å². The van der Waals surface area contributed by atoms with Gasteiger partial charge in [-0.25, -0.2) is 4.98 Å². The number of rotatable bonds is 4. The number of aromatic nitrogens is 1. The molecule has 4 heteroatoms. The first kappa shape index (κ1) is 12.6. The maximum absolute atomic E-state index is 9.98. The minimum Gasteiger partial charge on any atom is -0.392 e. The predicted octanol–water partition coefficient (Wildman–Crippen LogP) is 3.25. The van der Waals surface area contributed by atoms with Crippen LogP contribution in [-0.2, 0) is 12.8 Å². The topological polar surface area (TPSA) is 33.1 Å². The third-order valence-corrected chi connectivity index (χ3v) is 3.66. The van der Waals surface area contributed by atoms with Gasteiger partial charge in [-0.15, -0.1) is 11.3 Å². The molecular weight excluding hydrogens is 254 g/mol. The number of halogens is 1. The summed E-state index contributed by atoms with van der Waals surface area (Å²) in [7, 11) is 0. The van der Waals surface area contributed by atoms with Gasteiger partial charge in [-0.05, 0) is 31.0 Å². The van der Waals surface area contributed by atoms with E-state index in [1.165, 1.54) is 0 Å². The smallest absolute Gasteiger partial charge is 0.0954 e. The van der Waals surface area contributed by atoms with Crippen molar-refractivity contribution in [1.82, 2.24) is 4.98 Å². The maximum Gasteiger partial charge on any atom is 0.0954 e. The van der Waals surface area contributed by atoms with Gasteiger partial charge in [0.1, 0.15) is 0 Å². The number of aryl methyl sites for hydroxylation is 1. The molecule has 2 nitrogen and oxygen atoms in total. The van der Waals surface area contributed by atoms with Crippen molar-refractivity contribution in [2.45, 2.75) is 25.9 Å². The number of hydrogen-bond acceptors (Lipinski definition) is 3. The highest BCUT2D eigenvalue weighted by Gasteiger charge is 2.09. The van der Waals surface area contributed by atoms with Gasteiger partial charge in [0.15, 0.2) is 0 Å². The van der Waals surface area contributed by atoms with E-state index in [-0.39, 0.29) is 0 Å². The third kappa shape index (κ3) is 3.80. The van der Waals surface area contributed by atoms with E-state index >= 15 is 0 Å². The molecule has 1 heterocycles.